The van der Waals surface area contributed by atoms with E-state index in [9.17, 15) is 9.18 Å². The number of carbonyl (C=O) groups excluding carboxylic acids is 1. The Bertz CT molecular complexity index is 766. The lowest BCUT2D eigenvalue weighted by Crippen LogP contribution is -2.49. The van der Waals surface area contributed by atoms with E-state index in [1.54, 1.807) is 6.07 Å². The number of carbonyl (C=O) groups is 1. The summed E-state index contributed by atoms with van der Waals surface area (Å²) in [6.45, 7) is 4.10. The van der Waals surface area contributed by atoms with Gasteiger partial charge in [0.15, 0.2) is 0 Å². The minimum Gasteiger partial charge on any atom is -0.343 e. The Hall–Kier alpha value is -1.60. The summed E-state index contributed by atoms with van der Waals surface area (Å²) >= 11 is 2.04. The average molecular weight is 377 g/mol. The maximum Gasteiger partial charge on any atom is 0.223 e. The summed E-state index contributed by atoms with van der Waals surface area (Å²) in [6, 6.07) is 5.15. The number of likely N-dealkylation sites (tertiary alicyclic amines) is 1. The number of halogens is 1. The molecule has 7 heteroatoms. The van der Waals surface area contributed by atoms with Crippen LogP contribution in [-0.4, -0.2) is 69.4 Å². The highest BCUT2D eigenvalue weighted by molar-refractivity contribution is 7.99. The summed E-state index contributed by atoms with van der Waals surface area (Å²) in [5, 5.41) is 0. The van der Waals surface area contributed by atoms with E-state index in [1.165, 1.54) is 36.7 Å². The van der Waals surface area contributed by atoms with Crippen LogP contribution < -0.4 is 0 Å². The van der Waals surface area contributed by atoms with Crippen LogP contribution in [0.5, 0.6) is 0 Å². The highest BCUT2D eigenvalue weighted by Gasteiger charge is 2.27. The number of imidazole rings is 1. The molecule has 1 aromatic carbocycles. The Morgan fingerprint density at radius 2 is 2.00 bits per heavy atom. The van der Waals surface area contributed by atoms with Gasteiger partial charge < -0.3 is 9.88 Å². The summed E-state index contributed by atoms with van der Waals surface area (Å²) in [7, 11) is 0. The van der Waals surface area contributed by atoms with Gasteiger partial charge in [-0.05, 0) is 31.0 Å². The summed E-state index contributed by atoms with van der Waals surface area (Å²) in [5.74, 6) is 3.14. The quantitative estimate of drug-likeness (QED) is 0.891. The number of aromatic amines is 1. The zero-order valence-corrected chi connectivity index (χ0v) is 15.7. The van der Waals surface area contributed by atoms with Gasteiger partial charge in [-0.25, -0.2) is 9.37 Å². The summed E-state index contributed by atoms with van der Waals surface area (Å²) in [4.78, 5) is 24.7. The molecule has 0 saturated carbocycles. The number of aryl methyl sites for hydroxylation is 1. The maximum atomic E-state index is 13.3. The topological polar surface area (TPSA) is 52.2 Å². The standard InChI is InChI=1S/C19H25FN4OS/c20-14-1-2-16-17(13-14)22-18(21-16)3-4-19(25)24-7-5-15(6-8-24)23-9-11-26-12-10-23/h1-2,13,15H,3-12H2,(H,21,22). The first kappa shape index (κ1) is 17.8. The zero-order chi connectivity index (χ0) is 17.9. The van der Waals surface area contributed by atoms with E-state index < -0.39 is 0 Å². The van der Waals surface area contributed by atoms with Crippen molar-refractivity contribution in [1.29, 1.82) is 0 Å². The Labute approximate surface area is 157 Å². The van der Waals surface area contributed by atoms with Gasteiger partial charge in [-0.1, -0.05) is 0 Å². The van der Waals surface area contributed by atoms with Crippen LogP contribution in [0.15, 0.2) is 18.2 Å². The molecule has 0 bridgehead atoms. The van der Waals surface area contributed by atoms with Crippen molar-refractivity contribution in [1.82, 2.24) is 19.8 Å². The van der Waals surface area contributed by atoms with Gasteiger partial charge in [0, 0.05) is 56.6 Å². The number of hydrogen-bond acceptors (Lipinski definition) is 4. The minimum absolute atomic E-state index is 0.198. The van der Waals surface area contributed by atoms with Crippen molar-refractivity contribution < 1.29 is 9.18 Å². The van der Waals surface area contributed by atoms with E-state index in [-0.39, 0.29) is 11.7 Å². The van der Waals surface area contributed by atoms with Gasteiger partial charge in [0.2, 0.25) is 5.91 Å². The van der Waals surface area contributed by atoms with E-state index in [0.717, 1.165) is 37.3 Å². The van der Waals surface area contributed by atoms with E-state index >= 15 is 0 Å². The van der Waals surface area contributed by atoms with Crippen molar-refractivity contribution in [2.75, 3.05) is 37.7 Å². The molecule has 2 fully saturated rings. The predicted octanol–water partition coefficient (Wildman–Crippen LogP) is 2.67. The first-order chi connectivity index (χ1) is 12.7. The Balaban J connectivity index is 1.27. The molecule has 0 atom stereocenters. The lowest BCUT2D eigenvalue weighted by molar-refractivity contribution is -0.132. The first-order valence-corrected chi connectivity index (χ1v) is 10.6. The van der Waals surface area contributed by atoms with Gasteiger partial charge in [-0.3, -0.25) is 9.69 Å². The number of thioether (sulfide) groups is 1. The number of piperidine rings is 1. The summed E-state index contributed by atoms with van der Waals surface area (Å²) in [6.07, 6.45) is 3.19. The molecule has 5 nitrogen and oxygen atoms in total. The van der Waals surface area contributed by atoms with Crippen molar-refractivity contribution >= 4 is 28.7 Å². The van der Waals surface area contributed by atoms with E-state index in [4.69, 9.17) is 0 Å². The zero-order valence-electron chi connectivity index (χ0n) is 14.9. The number of fused-ring (bicyclic) bond motifs is 1. The summed E-state index contributed by atoms with van der Waals surface area (Å²) in [5.41, 5.74) is 1.43. The normalized spacial score (nSPS) is 20.0. The molecule has 1 N–H and O–H groups in total. The average Bonchev–Trinajstić information content (AvgIpc) is 3.09. The van der Waals surface area contributed by atoms with Gasteiger partial charge >= 0.3 is 0 Å². The molecular formula is C19H25FN4OS. The van der Waals surface area contributed by atoms with Crippen molar-refractivity contribution in [2.45, 2.75) is 31.7 Å². The third kappa shape index (κ3) is 4.04. The number of amides is 1. The van der Waals surface area contributed by atoms with Crippen LogP contribution in [0.3, 0.4) is 0 Å². The third-order valence-corrected chi connectivity index (χ3v) is 6.39. The fraction of sp³-hybridized carbons (Fsp3) is 0.579. The molecule has 0 aliphatic carbocycles. The number of benzene rings is 1. The van der Waals surface area contributed by atoms with E-state index in [0.29, 0.717) is 24.4 Å². The molecule has 2 aliphatic rings. The van der Waals surface area contributed by atoms with Crippen LogP contribution in [0.25, 0.3) is 11.0 Å². The van der Waals surface area contributed by atoms with Crippen LogP contribution in [0, 0.1) is 5.82 Å². The largest absolute Gasteiger partial charge is 0.343 e. The fourth-order valence-corrected chi connectivity index (χ4v) is 4.89. The van der Waals surface area contributed by atoms with Crippen molar-refractivity contribution in [2.24, 2.45) is 0 Å². The van der Waals surface area contributed by atoms with Gasteiger partial charge in [-0.15, -0.1) is 0 Å². The number of nitrogens with one attached hydrogen (secondary N) is 1. The van der Waals surface area contributed by atoms with Gasteiger partial charge in [0.1, 0.15) is 11.6 Å². The van der Waals surface area contributed by atoms with E-state index in [1.807, 2.05) is 16.7 Å². The summed E-state index contributed by atoms with van der Waals surface area (Å²) < 4.78 is 13.3. The second-order valence-corrected chi connectivity index (χ2v) is 8.33. The SMILES string of the molecule is O=C(CCc1nc2ccc(F)cc2[nH]1)N1CCC(N2CCSCC2)CC1. The number of rotatable bonds is 4. The first-order valence-electron chi connectivity index (χ1n) is 9.43. The number of hydrogen-bond donors (Lipinski definition) is 1. The molecule has 0 radical (unpaired) electrons. The Kier molecular flexibility index (Phi) is 5.45. The van der Waals surface area contributed by atoms with Crippen LogP contribution in [0.2, 0.25) is 0 Å². The number of nitrogens with zero attached hydrogens (tertiary/aromatic N) is 3. The molecule has 4 rings (SSSR count). The molecule has 2 saturated heterocycles. The smallest absolute Gasteiger partial charge is 0.223 e. The molecule has 26 heavy (non-hydrogen) atoms. The molecule has 1 amide bonds. The molecule has 0 unspecified atom stereocenters. The Morgan fingerprint density at radius 3 is 2.77 bits per heavy atom. The van der Waals surface area contributed by atoms with Crippen LogP contribution in [0.4, 0.5) is 4.39 Å². The van der Waals surface area contributed by atoms with Gasteiger partial charge in [0.05, 0.1) is 11.0 Å². The molecule has 140 valence electrons. The number of aromatic nitrogens is 2. The fourth-order valence-electron chi connectivity index (χ4n) is 3.96. The van der Waals surface area contributed by atoms with E-state index in [2.05, 4.69) is 14.9 Å². The van der Waals surface area contributed by atoms with Crippen molar-refractivity contribution in [3.8, 4) is 0 Å². The predicted molar refractivity (Wildman–Crippen MR) is 103 cm³/mol. The monoisotopic (exact) mass is 376 g/mol. The lowest BCUT2D eigenvalue weighted by Gasteiger charge is -2.40. The molecular weight excluding hydrogens is 351 g/mol. The second kappa shape index (κ2) is 7.96. The third-order valence-electron chi connectivity index (χ3n) is 5.45. The minimum atomic E-state index is -0.279. The molecule has 0 spiro atoms. The van der Waals surface area contributed by atoms with Crippen molar-refractivity contribution in [3.05, 3.63) is 29.8 Å². The second-order valence-electron chi connectivity index (χ2n) is 7.11. The highest BCUT2D eigenvalue weighted by atomic mass is 32.2. The van der Waals surface area contributed by atoms with Crippen LogP contribution in [-0.2, 0) is 11.2 Å². The number of H-pyrrole nitrogens is 1. The molecule has 2 aliphatic heterocycles. The molecule has 1 aromatic heterocycles. The van der Waals surface area contributed by atoms with Crippen LogP contribution >= 0.6 is 11.8 Å². The van der Waals surface area contributed by atoms with Crippen LogP contribution in [0.1, 0.15) is 25.1 Å². The van der Waals surface area contributed by atoms with Gasteiger partial charge in [0.25, 0.3) is 0 Å². The van der Waals surface area contributed by atoms with Gasteiger partial charge in [-0.2, -0.15) is 11.8 Å². The molecule has 3 heterocycles. The highest BCUT2D eigenvalue weighted by Crippen LogP contribution is 2.21. The maximum absolute atomic E-state index is 13.3. The lowest BCUT2D eigenvalue weighted by atomic mass is 10.0. The Morgan fingerprint density at radius 1 is 1.23 bits per heavy atom. The molecule has 2 aromatic rings. The van der Waals surface area contributed by atoms with Crippen molar-refractivity contribution in [3.63, 3.8) is 0 Å².